The van der Waals surface area contributed by atoms with Crippen LogP contribution < -0.4 is 10.1 Å². The van der Waals surface area contributed by atoms with E-state index < -0.39 is 5.97 Å². The zero-order valence-electron chi connectivity index (χ0n) is 12.4. The Labute approximate surface area is 132 Å². The van der Waals surface area contributed by atoms with E-state index in [9.17, 15) is 14.4 Å². The summed E-state index contributed by atoms with van der Waals surface area (Å²) in [4.78, 5) is 34.2. The Kier molecular flexibility index (Phi) is 5.09. The van der Waals surface area contributed by atoms with Crippen LogP contribution in [0.5, 0.6) is 5.75 Å². The molecule has 2 rings (SSSR count). The largest absolute Gasteiger partial charge is 0.478 e. The average Bonchev–Trinajstić information content (AvgIpc) is 2.55. The molecule has 0 aliphatic rings. The number of esters is 1. The maximum atomic E-state index is 12.1. The van der Waals surface area contributed by atoms with E-state index in [1.807, 2.05) is 0 Å². The molecule has 0 aliphatic carbocycles. The summed E-state index contributed by atoms with van der Waals surface area (Å²) in [5.41, 5.74) is 0.836. The molecule has 2 aromatic rings. The van der Waals surface area contributed by atoms with Crippen LogP contribution in [0, 0.1) is 0 Å². The number of carbonyl (C=O) groups excluding carboxylic acids is 2. The number of aromatic carboxylic acids is 1. The van der Waals surface area contributed by atoms with Crippen LogP contribution in [-0.2, 0) is 4.79 Å². The lowest BCUT2D eigenvalue weighted by Crippen LogP contribution is -2.12. The van der Waals surface area contributed by atoms with Crippen molar-refractivity contribution < 1.29 is 24.2 Å². The lowest BCUT2D eigenvalue weighted by molar-refractivity contribution is -0.134. The molecule has 0 heterocycles. The van der Waals surface area contributed by atoms with Crippen molar-refractivity contribution in [3.8, 4) is 5.75 Å². The van der Waals surface area contributed by atoms with E-state index >= 15 is 0 Å². The lowest BCUT2D eigenvalue weighted by Gasteiger charge is -2.07. The fraction of sp³-hybridized carbons (Fsp3) is 0.118. The Morgan fingerprint density at radius 3 is 2.35 bits per heavy atom. The number of carboxylic acid groups (broad SMARTS) is 1. The second kappa shape index (κ2) is 7.22. The fourth-order valence-corrected chi connectivity index (χ4v) is 1.81. The van der Waals surface area contributed by atoms with Crippen molar-refractivity contribution in [1.29, 1.82) is 0 Å². The molecule has 6 nitrogen and oxygen atoms in total. The molecule has 0 saturated heterocycles. The summed E-state index contributed by atoms with van der Waals surface area (Å²) in [5.74, 6) is -1.45. The maximum absolute atomic E-state index is 12.1. The predicted molar refractivity (Wildman–Crippen MR) is 83.7 cm³/mol. The number of amides is 1. The third-order valence-electron chi connectivity index (χ3n) is 3.00. The molecule has 0 spiro atoms. The Morgan fingerprint density at radius 1 is 1.04 bits per heavy atom. The molecule has 0 radical (unpaired) electrons. The van der Waals surface area contributed by atoms with Crippen LogP contribution in [0.2, 0.25) is 0 Å². The molecule has 0 fully saturated rings. The monoisotopic (exact) mass is 313 g/mol. The molecule has 0 aromatic heterocycles. The molecule has 0 bridgehead atoms. The standard InChI is InChI=1S/C17H15NO5/c1-2-15(19)23-14-8-6-11(7-9-14)16(20)18-13-5-3-4-12(10-13)17(21)22/h3-10H,2H2,1H3,(H,18,20)(H,21,22). The van der Waals surface area contributed by atoms with Gasteiger partial charge < -0.3 is 15.2 Å². The van der Waals surface area contributed by atoms with Crippen LogP contribution in [0.15, 0.2) is 48.5 Å². The van der Waals surface area contributed by atoms with Crippen LogP contribution in [0.25, 0.3) is 0 Å². The highest BCUT2D eigenvalue weighted by molar-refractivity contribution is 6.04. The van der Waals surface area contributed by atoms with Gasteiger partial charge >= 0.3 is 11.9 Å². The minimum Gasteiger partial charge on any atom is -0.478 e. The number of carbonyl (C=O) groups is 3. The van der Waals surface area contributed by atoms with Crippen molar-refractivity contribution in [1.82, 2.24) is 0 Å². The Bertz CT molecular complexity index is 737. The van der Waals surface area contributed by atoms with Gasteiger partial charge in [-0.2, -0.15) is 0 Å². The molecule has 1 amide bonds. The van der Waals surface area contributed by atoms with E-state index in [-0.39, 0.29) is 23.9 Å². The first-order valence-corrected chi connectivity index (χ1v) is 6.95. The summed E-state index contributed by atoms with van der Waals surface area (Å²) in [6, 6.07) is 12.1. The van der Waals surface area contributed by atoms with E-state index in [2.05, 4.69) is 5.32 Å². The molecule has 0 atom stereocenters. The van der Waals surface area contributed by atoms with Gasteiger partial charge in [-0.05, 0) is 42.5 Å². The van der Waals surface area contributed by atoms with E-state index in [0.717, 1.165) is 0 Å². The number of hydrogen-bond acceptors (Lipinski definition) is 4. The van der Waals surface area contributed by atoms with Gasteiger partial charge in [-0.25, -0.2) is 4.79 Å². The SMILES string of the molecule is CCC(=O)Oc1ccc(C(=O)Nc2cccc(C(=O)O)c2)cc1. The fourth-order valence-electron chi connectivity index (χ4n) is 1.81. The van der Waals surface area contributed by atoms with Crippen molar-refractivity contribution >= 4 is 23.5 Å². The zero-order chi connectivity index (χ0) is 16.8. The first kappa shape index (κ1) is 16.2. The van der Waals surface area contributed by atoms with Gasteiger partial charge in [0, 0.05) is 17.7 Å². The molecule has 2 aromatic carbocycles. The minimum absolute atomic E-state index is 0.0876. The van der Waals surface area contributed by atoms with E-state index in [0.29, 0.717) is 17.0 Å². The number of rotatable bonds is 5. The van der Waals surface area contributed by atoms with Gasteiger partial charge in [0.2, 0.25) is 0 Å². The van der Waals surface area contributed by atoms with Gasteiger partial charge in [0.15, 0.2) is 0 Å². The number of carboxylic acids is 1. The van der Waals surface area contributed by atoms with Crippen LogP contribution in [0.4, 0.5) is 5.69 Å². The smallest absolute Gasteiger partial charge is 0.335 e. The minimum atomic E-state index is -1.07. The van der Waals surface area contributed by atoms with Gasteiger partial charge in [-0.15, -0.1) is 0 Å². The summed E-state index contributed by atoms with van der Waals surface area (Å²) in [5, 5.41) is 11.5. The summed E-state index contributed by atoms with van der Waals surface area (Å²) in [7, 11) is 0. The average molecular weight is 313 g/mol. The first-order valence-electron chi connectivity index (χ1n) is 6.95. The highest BCUT2D eigenvalue weighted by atomic mass is 16.5. The first-order chi connectivity index (χ1) is 11.0. The number of nitrogens with one attached hydrogen (secondary N) is 1. The van der Waals surface area contributed by atoms with E-state index in [4.69, 9.17) is 9.84 Å². The predicted octanol–water partition coefficient (Wildman–Crippen LogP) is 2.95. The molecule has 0 unspecified atom stereocenters. The third-order valence-corrected chi connectivity index (χ3v) is 3.00. The molecule has 118 valence electrons. The van der Waals surface area contributed by atoms with Crippen molar-refractivity contribution in [3.05, 3.63) is 59.7 Å². The molecular weight excluding hydrogens is 298 g/mol. The number of hydrogen-bond donors (Lipinski definition) is 2. The molecule has 6 heteroatoms. The van der Waals surface area contributed by atoms with E-state index in [1.165, 1.54) is 36.4 Å². The second-order valence-electron chi connectivity index (χ2n) is 4.69. The van der Waals surface area contributed by atoms with Gasteiger partial charge in [-0.1, -0.05) is 13.0 Å². The Morgan fingerprint density at radius 2 is 1.74 bits per heavy atom. The van der Waals surface area contributed by atoms with Crippen molar-refractivity contribution in [2.45, 2.75) is 13.3 Å². The van der Waals surface area contributed by atoms with Crippen LogP contribution >= 0.6 is 0 Å². The van der Waals surface area contributed by atoms with Gasteiger partial charge in [0.1, 0.15) is 5.75 Å². The van der Waals surface area contributed by atoms with Crippen LogP contribution in [0.3, 0.4) is 0 Å². The molecule has 0 saturated carbocycles. The number of anilines is 1. The Balaban J connectivity index is 2.07. The third kappa shape index (κ3) is 4.41. The highest BCUT2D eigenvalue weighted by Gasteiger charge is 2.09. The summed E-state index contributed by atoms with van der Waals surface area (Å²) in [6.45, 7) is 1.69. The molecule has 2 N–H and O–H groups in total. The summed E-state index contributed by atoms with van der Waals surface area (Å²) >= 11 is 0. The van der Waals surface area contributed by atoms with Crippen molar-refractivity contribution in [2.24, 2.45) is 0 Å². The maximum Gasteiger partial charge on any atom is 0.335 e. The van der Waals surface area contributed by atoms with Gasteiger partial charge in [0.05, 0.1) is 5.56 Å². The summed E-state index contributed by atoms with van der Waals surface area (Å²) < 4.78 is 5.02. The molecule has 23 heavy (non-hydrogen) atoms. The topological polar surface area (TPSA) is 92.7 Å². The van der Waals surface area contributed by atoms with Crippen LogP contribution in [-0.4, -0.2) is 23.0 Å². The lowest BCUT2D eigenvalue weighted by atomic mass is 10.1. The Hall–Kier alpha value is -3.15. The number of ether oxygens (including phenoxy) is 1. The summed E-state index contributed by atoms with van der Waals surface area (Å²) in [6.07, 6.45) is 0.266. The molecular formula is C17H15NO5. The quantitative estimate of drug-likeness (QED) is 0.654. The van der Waals surface area contributed by atoms with Crippen molar-refractivity contribution in [3.63, 3.8) is 0 Å². The van der Waals surface area contributed by atoms with Gasteiger partial charge in [-0.3, -0.25) is 9.59 Å². The van der Waals surface area contributed by atoms with Crippen LogP contribution in [0.1, 0.15) is 34.1 Å². The van der Waals surface area contributed by atoms with Gasteiger partial charge in [0.25, 0.3) is 5.91 Å². The molecule has 0 aliphatic heterocycles. The normalized spacial score (nSPS) is 9.96. The zero-order valence-corrected chi connectivity index (χ0v) is 12.4. The van der Waals surface area contributed by atoms with Crippen molar-refractivity contribution in [2.75, 3.05) is 5.32 Å². The number of benzene rings is 2. The second-order valence-corrected chi connectivity index (χ2v) is 4.69. The van der Waals surface area contributed by atoms with E-state index in [1.54, 1.807) is 19.1 Å². The highest BCUT2D eigenvalue weighted by Crippen LogP contribution is 2.16.